The Morgan fingerprint density at radius 3 is 2.50 bits per heavy atom. The van der Waals surface area contributed by atoms with Gasteiger partial charge in [-0.25, -0.2) is 4.39 Å². The summed E-state index contributed by atoms with van der Waals surface area (Å²) >= 11 is 0. The highest BCUT2D eigenvalue weighted by Gasteiger charge is 2.26. The second-order valence-electron chi connectivity index (χ2n) is 3.23. The molecule has 0 aliphatic rings. The molecule has 0 aromatic heterocycles. The van der Waals surface area contributed by atoms with E-state index in [1.807, 2.05) is 0 Å². The zero-order valence-electron chi connectivity index (χ0n) is 8.35. The minimum atomic E-state index is -4.22. The maximum Gasteiger partial charge on any atom is 0.389 e. The molecule has 0 spiro atoms. The van der Waals surface area contributed by atoms with Crippen LogP contribution in [0.2, 0.25) is 0 Å². The molecule has 2 nitrogen and oxygen atoms in total. The van der Waals surface area contributed by atoms with E-state index in [9.17, 15) is 17.6 Å². The van der Waals surface area contributed by atoms with Crippen LogP contribution in [0.25, 0.3) is 0 Å². The molecule has 0 radical (unpaired) electrons. The molecule has 0 aliphatic heterocycles. The summed E-state index contributed by atoms with van der Waals surface area (Å²) in [5, 5.41) is 0. The zero-order valence-corrected chi connectivity index (χ0v) is 8.35. The lowest BCUT2D eigenvalue weighted by Gasteiger charge is -2.10. The lowest BCUT2D eigenvalue weighted by molar-refractivity contribution is -0.136. The van der Waals surface area contributed by atoms with Gasteiger partial charge < -0.3 is 10.5 Å². The molecule has 0 saturated heterocycles. The summed E-state index contributed by atoms with van der Waals surface area (Å²) in [5.41, 5.74) is 5.48. The molecule has 0 bridgehead atoms. The number of rotatable bonds is 4. The van der Waals surface area contributed by atoms with Crippen LogP contribution in [-0.4, -0.2) is 12.8 Å². The van der Waals surface area contributed by atoms with Crippen molar-refractivity contribution in [3.05, 3.63) is 24.0 Å². The number of anilines is 1. The predicted molar refractivity (Wildman–Crippen MR) is 51.6 cm³/mol. The second kappa shape index (κ2) is 5.05. The highest BCUT2D eigenvalue weighted by Crippen LogP contribution is 2.26. The topological polar surface area (TPSA) is 35.2 Å². The number of nitrogen functional groups attached to an aromatic ring is 1. The van der Waals surface area contributed by atoms with E-state index in [0.29, 0.717) is 0 Å². The Hall–Kier alpha value is -1.46. The van der Waals surface area contributed by atoms with Crippen molar-refractivity contribution in [2.24, 2.45) is 0 Å². The molecule has 0 fully saturated rings. The van der Waals surface area contributed by atoms with Crippen LogP contribution < -0.4 is 10.5 Å². The fraction of sp³-hybridized carbons (Fsp3) is 0.400. The number of alkyl halides is 3. The molecule has 2 N–H and O–H groups in total. The fourth-order valence-corrected chi connectivity index (χ4v) is 1.12. The predicted octanol–water partition coefficient (Wildman–Crippen LogP) is 3.13. The third kappa shape index (κ3) is 3.96. The van der Waals surface area contributed by atoms with Gasteiger partial charge in [0.05, 0.1) is 12.3 Å². The third-order valence-electron chi connectivity index (χ3n) is 1.85. The number of hydrogen-bond donors (Lipinski definition) is 1. The molecule has 90 valence electrons. The standard InChI is InChI=1S/C10H11F4NO/c11-7-3-1-4-8(15)9(7)16-6-2-5-10(12,13)14/h1,3-4H,2,5-6,15H2. The average molecular weight is 237 g/mol. The normalized spacial score (nSPS) is 11.5. The Balaban J connectivity index is 2.43. The molecule has 16 heavy (non-hydrogen) atoms. The van der Waals surface area contributed by atoms with Crippen molar-refractivity contribution in [1.82, 2.24) is 0 Å². The number of halogens is 4. The van der Waals surface area contributed by atoms with E-state index in [4.69, 9.17) is 10.5 Å². The van der Waals surface area contributed by atoms with Gasteiger partial charge in [0.1, 0.15) is 0 Å². The van der Waals surface area contributed by atoms with Crippen LogP contribution in [0, 0.1) is 5.82 Å². The Labute approximate surface area is 90.0 Å². The highest BCUT2D eigenvalue weighted by atomic mass is 19.4. The first-order valence-corrected chi connectivity index (χ1v) is 4.63. The van der Waals surface area contributed by atoms with Crippen LogP contribution in [0.15, 0.2) is 18.2 Å². The van der Waals surface area contributed by atoms with Crippen LogP contribution >= 0.6 is 0 Å². The van der Waals surface area contributed by atoms with Gasteiger partial charge in [0, 0.05) is 6.42 Å². The fourth-order valence-electron chi connectivity index (χ4n) is 1.12. The monoisotopic (exact) mass is 237 g/mol. The molecule has 1 rings (SSSR count). The van der Waals surface area contributed by atoms with Gasteiger partial charge in [0.15, 0.2) is 11.6 Å². The maximum atomic E-state index is 13.1. The van der Waals surface area contributed by atoms with Crippen LogP contribution in [0.1, 0.15) is 12.8 Å². The van der Waals surface area contributed by atoms with Crippen molar-refractivity contribution >= 4 is 5.69 Å². The summed E-state index contributed by atoms with van der Waals surface area (Å²) in [6, 6.07) is 3.95. The summed E-state index contributed by atoms with van der Waals surface area (Å²) in [7, 11) is 0. The van der Waals surface area contributed by atoms with Crippen molar-refractivity contribution in [3.8, 4) is 5.75 Å². The Kier molecular flexibility index (Phi) is 3.98. The smallest absolute Gasteiger partial charge is 0.389 e. The average Bonchev–Trinajstić information content (AvgIpc) is 2.14. The summed E-state index contributed by atoms with van der Waals surface area (Å²) in [6.07, 6.45) is -5.40. The molecular weight excluding hydrogens is 226 g/mol. The summed E-state index contributed by atoms with van der Waals surface area (Å²) in [5.74, 6) is -0.864. The van der Waals surface area contributed by atoms with Crippen molar-refractivity contribution in [2.45, 2.75) is 19.0 Å². The largest absolute Gasteiger partial charge is 0.488 e. The van der Waals surface area contributed by atoms with Crippen LogP contribution in [-0.2, 0) is 0 Å². The second-order valence-corrected chi connectivity index (χ2v) is 3.23. The highest BCUT2D eigenvalue weighted by molar-refractivity contribution is 5.52. The lowest BCUT2D eigenvalue weighted by Crippen LogP contribution is -2.10. The molecule has 0 heterocycles. The van der Waals surface area contributed by atoms with Crippen LogP contribution in [0.3, 0.4) is 0 Å². The molecule has 1 aromatic rings. The molecular formula is C10H11F4NO. The van der Waals surface area contributed by atoms with E-state index < -0.39 is 18.4 Å². The molecule has 6 heteroatoms. The van der Waals surface area contributed by atoms with Crippen molar-refractivity contribution in [1.29, 1.82) is 0 Å². The minimum Gasteiger partial charge on any atom is -0.488 e. The third-order valence-corrected chi connectivity index (χ3v) is 1.85. The first kappa shape index (κ1) is 12.6. The van der Waals surface area contributed by atoms with E-state index in [-0.39, 0.29) is 24.5 Å². The summed E-state index contributed by atoms with van der Waals surface area (Å²) in [4.78, 5) is 0. The quantitative estimate of drug-likeness (QED) is 0.496. The van der Waals surface area contributed by atoms with Crippen molar-refractivity contribution in [3.63, 3.8) is 0 Å². The van der Waals surface area contributed by atoms with E-state index in [1.54, 1.807) is 0 Å². The van der Waals surface area contributed by atoms with Gasteiger partial charge in [-0.15, -0.1) is 0 Å². The molecule has 0 unspecified atom stereocenters. The Bertz CT molecular complexity index is 331. The SMILES string of the molecule is Nc1cccc(F)c1OCCCC(F)(F)F. The zero-order chi connectivity index (χ0) is 12.2. The number of para-hydroxylation sites is 1. The van der Waals surface area contributed by atoms with Gasteiger partial charge in [-0.2, -0.15) is 13.2 Å². The molecule has 0 amide bonds. The summed E-state index contributed by atoms with van der Waals surface area (Å²) in [6.45, 7) is -0.218. The van der Waals surface area contributed by atoms with Gasteiger partial charge in [-0.3, -0.25) is 0 Å². The van der Waals surface area contributed by atoms with Gasteiger partial charge in [-0.05, 0) is 18.6 Å². The van der Waals surface area contributed by atoms with E-state index in [2.05, 4.69) is 0 Å². The van der Waals surface area contributed by atoms with E-state index >= 15 is 0 Å². The summed E-state index contributed by atoms with van der Waals surface area (Å²) < 4.78 is 53.3. The lowest BCUT2D eigenvalue weighted by atomic mass is 10.3. The molecule has 1 aromatic carbocycles. The minimum absolute atomic E-state index is 0.0759. The first-order valence-electron chi connectivity index (χ1n) is 4.63. The van der Waals surface area contributed by atoms with Crippen molar-refractivity contribution in [2.75, 3.05) is 12.3 Å². The Morgan fingerprint density at radius 1 is 1.25 bits per heavy atom. The Morgan fingerprint density at radius 2 is 1.94 bits per heavy atom. The number of hydrogen-bond acceptors (Lipinski definition) is 2. The van der Waals surface area contributed by atoms with E-state index in [0.717, 1.165) is 6.07 Å². The number of ether oxygens (including phenoxy) is 1. The van der Waals surface area contributed by atoms with Gasteiger partial charge in [0.2, 0.25) is 0 Å². The molecule has 0 atom stereocenters. The maximum absolute atomic E-state index is 13.1. The molecule has 0 saturated carbocycles. The van der Waals surface area contributed by atoms with Gasteiger partial charge >= 0.3 is 6.18 Å². The van der Waals surface area contributed by atoms with E-state index in [1.165, 1.54) is 12.1 Å². The molecule has 0 aliphatic carbocycles. The van der Waals surface area contributed by atoms with Crippen LogP contribution in [0.5, 0.6) is 5.75 Å². The first-order chi connectivity index (χ1) is 7.40. The van der Waals surface area contributed by atoms with Crippen molar-refractivity contribution < 1.29 is 22.3 Å². The van der Waals surface area contributed by atoms with Gasteiger partial charge in [0.25, 0.3) is 0 Å². The van der Waals surface area contributed by atoms with Crippen LogP contribution in [0.4, 0.5) is 23.2 Å². The van der Waals surface area contributed by atoms with Gasteiger partial charge in [-0.1, -0.05) is 6.07 Å². The number of benzene rings is 1. The number of nitrogens with two attached hydrogens (primary N) is 1.